The van der Waals surface area contributed by atoms with Crippen LogP contribution in [0.1, 0.15) is 25.7 Å². The van der Waals surface area contributed by atoms with Crippen molar-refractivity contribution in [2.24, 2.45) is 0 Å². The molecule has 0 radical (unpaired) electrons. The number of carbonyl (C=O) groups excluding carboxylic acids is 1. The minimum Gasteiger partial charge on any atom is -0.481 e. The first-order valence-corrected chi connectivity index (χ1v) is 6.93. The Bertz CT molecular complexity index is 287. The van der Waals surface area contributed by atoms with Crippen LogP contribution < -0.4 is 0 Å². The first-order valence-electron chi connectivity index (χ1n) is 5.44. The third-order valence-corrected chi connectivity index (χ3v) is 3.77. The topological polar surface area (TPSA) is 74.7 Å². The van der Waals surface area contributed by atoms with Gasteiger partial charge in [-0.15, -0.1) is 0 Å². The molecule has 1 aliphatic rings. The summed E-state index contributed by atoms with van der Waals surface area (Å²) in [7, 11) is -1.34. The quantitative estimate of drug-likeness (QED) is 0.754. The maximum absolute atomic E-state index is 11.6. The van der Waals surface area contributed by atoms with E-state index in [0.717, 1.165) is 32.4 Å². The van der Waals surface area contributed by atoms with Gasteiger partial charge in [0, 0.05) is 29.6 Å². The molecule has 1 amide bonds. The van der Waals surface area contributed by atoms with Gasteiger partial charge in [0.2, 0.25) is 5.91 Å². The van der Waals surface area contributed by atoms with Crippen LogP contribution in [0.25, 0.3) is 0 Å². The summed E-state index contributed by atoms with van der Waals surface area (Å²) in [5.74, 6) is -1.05. The molecular weight excluding hydrogens is 230 g/mol. The molecule has 1 fully saturated rings. The number of likely N-dealkylation sites (tertiary alicyclic amines) is 1. The highest BCUT2D eigenvalue weighted by Crippen LogP contribution is 2.09. The molecule has 0 bridgehead atoms. The molecule has 0 aromatic carbocycles. The molecule has 0 aromatic rings. The number of carboxylic acids is 1. The van der Waals surface area contributed by atoms with Gasteiger partial charge >= 0.3 is 5.97 Å². The maximum atomic E-state index is 11.6. The zero-order valence-electron chi connectivity index (χ0n) is 9.18. The summed E-state index contributed by atoms with van der Waals surface area (Å²) in [5.41, 5.74) is 0. The summed E-state index contributed by atoms with van der Waals surface area (Å²) >= 11 is 0. The summed E-state index contributed by atoms with van der Waals surface area (Å²) in [6, 6.07) is 0. The Morgan fingerprint density at radius 2 is 1.81 bits per heavy atom. The molecule has 1 rings (SSSR count). The van der Waals surface area contributed by atoms with Crippen molar-refractivity contribution in [1.29, 1.82) is 0 Å². The third kappa shape index (κ3) is 4.74. The fraction of sp³-hybridized carbons (Fsp3) is 0.800. The molecule has 1 atom stereocenters. The van der Waals surface area contributed by atoms with Crippen molar-refractivity contribution in [2.75, 3.05) is 24.6 Å². The van der Waals surface area contributed by atoms with E-state index in [1.165, 1.54) is 0 Å². The molecule has 0 aliphatic carbocycles. The van der Waals surface area contributed by atoms with Gasteiger partial charge in [-0.05, 0) is 19.3 Å². The van der Waals surface area contributed by atoms with Crippen molar-refractivity contribution in [1.82, 2.24) is 4.90 Å². The molecule has 5 nitrogen and oxygen atoms in total. The van der Waals surface area contributed by atoms with Gasteiger partial charge in [-0.3, -0.25) is 13.8 Å². The van der Waals surface area contributed by atoms with Gasteiger partial charge in [0.1, 0.15) is 5.75 Å². The van der Waals surface area contributed by atoms with Crippen LogP contribution in [0.3, 0.4) is 0 Å². The van der Waals surface area contributed by atoms with Crippen molar-refractivity contribution in [3.63, 3.8) is 0 Å². The van der Waals surface area contributed by atoms with Crippen LogP contribution in [0.4, 0.5) is 0 Å². The molecule has 1 unspecified atom stereocenters. The normalized spacial score (nSPS) is 18.1. The largest absolute Gasteiger partial charge is 0.481 e. The predicted octanol–water partition coefficient (Wildman–Crippen LogP) is 0.222. The number of carbonyl (C=O) groups is 2. The molecule has 92 valence electrons. The van der Waals surface area contributed by atoms with Gasteiger partial charge in [-0.2, -0.15) is 0 Å². The van der Waals surface area contributed by atoms with Gasteiger partial charge in [-0.25, -0.2) is 0 Å². The van der Waals surface area contributed by atoms with E-state index in [-0.39, 0.29) is 23.8 Å². The fourth-order valence-electron chi connectivity index (χ4n) is 1.65. The highest BCUT2D eigenvalue weighted by atomic mass is 32.2. The van der Waals surface area contributed by atoms with Crippen LogP contribution in [0, 0.1) is 0 Å². The SMILES string of the molecule is O=C(O)CCS(=O)CC(=O)N1CCCCC1. The van der Waals surface area contributed by atoms with E-state index in [1.807, 2.05) is 0 Å². The van der Waals surface area contributed by atoms with Crippen LogP contribution >= 0.6 is 0 Å². The van der Waals surface area contributed by atoms with Crippen molar-refractivity contribution in [2.45, 2.75) is 25.7 Å². The van der Waals surface area contributed by atoms with Crippen molar-refractivity contribution in [3.05, 3.63) is 0 Å². The summed E-state index contributed by atoms with van der Waals surface area (Å²) < 4.78 is 11.4. The maximum Gasteiger partial charge on any atom is 0.304 e. The monoisotopic (exact) mass is 247 g/mol. The Morgan fingerprint density at radius 3 is 2.38 bits per heavy atom. The number of amides is 1. The van der Waals surface area contributed by atoms with Crippen LogP contribution in [0.2, 0.25) is 0 Å². The van der Waals surface area contributed by atoms with E-state index in [1.54, 1.807) is 4.90 Å². The van der Waals surface area contributed by atoms with Crippen LogP contribution in [-0.2, 0) is 20.4 Å². The minimum atomic E-state index is -1.34. The van der Waals surface area contributed by atoms with Gasteiger partial charge in [0.05, 0.1) is 6.42 Å². The van der Waals surface area contributed by atoms with E-state index in [4.69, 9.17) is 5.11 Å². The Hall–Kier alpha value is -0.910. The van der Waals surface area contributed by atoms with Gasteiger partial charge in [0.25, 0.3) is 0 Å². The zero-order chi connectivity index (χ0) is 12.0. The molecule has 6 heteroatoms. The first kappa shape index (κ1) is 13.2. The van der Waals surface area contributed by atoms with E-state index in [9.17, 15) is 13.8 Å². The van der Waals surface area contributed by atoms with Crippen LogP contribution in [-0.4, -0.2) is 50.7 Å². The van der Waals surface area contributed by atoms with Gasteiger partial charge in [-0.1, -0.05) is 0 Å². The second-order valence-electron chi connectivity index (χ2n) is 3.87. The van der Waals surface area contributed by atoms with Crippen LogP contribution in [0.5, 0.6) is 0 Å². The number of aliphatic carboxylic acids is 1. The predicted molar refractivity (Wildman–Crippen MR) is 60.6 cm³/mol. The number of piperidine rings is 1. The fourth-order valence-corrected chi connectivity index (χ4v) is 2.65. The van der Waals surface area contributed by atoms with Crippen molar-refractivity contribution in [3.8, 4) is 0 Å². The molecule has 16 heavy (non-hydrogen) atoms. The first-order chi connectivity index (χ1) is 7.59. The third-order valence-electron chi connectivity index (χ3n) is 2.54. The van der Waals surface area contributed by atoms with Gasteiger partial charge in [0.15, 0.2) is 0 Å². The lowest BCUT2D eigenvalue weighted by atomic mass is 10.1. The summed E-state index contributed by atoms with van der Waals surface area (Å²) in [6.07, 6.45) is 3.02. The lowest BCUT2D eigenvalue weighted by molar-refractivity contribution is -0.136. The van der Waals surface area contributed by atoms with Crippen LogP contribution in [0.15, 0.2) is 0 Å². The molecule has 0 spiro atoms. The Kier molecular flexibility index (Phi) is 5.45. The molecule has 1 saturated heterocycles. The minimum absolute atomic E-state index is 0.0344. The average molecular weight is 247 g/mol. The highest BCUT2D eigenvalue weighted by Gasteiger charge is 2.18. The number of nitrogens with zero attached hydrogens (tertiary/aromatic N) is 1. The standard InChI is InChI=1S/C10H17NO4S/c12-9(11-5-2-1-3-6-11)8-16(15)7-4-10(13)14/h1-8H2,(H,13,14). The molecule has 1 aliphatic heterocycles. The smallest absolute Gasteiger partial charge is 0.304 e. The lowest BCUT2D eigenvalue weighted by Gasteiger charge is -2.26. The number of carboxylic acid groups (broad SMARTS) is 1. The molecule has 0 aromatic heterocycles. The van der Waals surface area contributed by atoms with E-state index >= 15 is 0 Å². The molecule has 1 heterocycles. The highest BCUT2D eigenvalue weighted by molar-refractivity contribution is 7.85. The second-order valence-corrected chi connectivity index (χ2v) is 5.45. The Morgan fingerprint density at radius 1 is 1.19 bits per heavy atom. The van der Waals surface area contributed by atoms with E-state index in [0.29, 0.717) is 0 Å². The molecule has 0 saturated carbocycles. The second kappa shape index (κ2) is 6.62. The molecular formula is C10H17NO4S. The van der Waals surface area contributed by atoms with Crippen molar-refractivity contribution < 1.29 is 18.9 Å². The van der Waals surface area contributed by atoms with E-state index < -0.39 is 16.8 Å². The number of hydrogen-bond acceptors (Lipinski definition) is 3. The Labute approximate surface area is 97.3 Å². The lowest BCUT2D eigenvalue weighted by Crippen LogP contribution is -2.38. The molecule has 1 N–H and O–H groups in total. The zero-order valence-corrected chi connectivity index (χ0v) is 10.0. The summed E-state index contributed by atoms with van der Waals surface area (Å²) in [6.45, 7) is 1.49. The van der Waals surface area contributed by atoms with E-state index in [2.05, 4.69) is 0 Å². The average Bonchev–Trinajstić information content (AvgIpc) is 2.27. The van der Waals surface area contributed by atoms with Crippen molar-refractivity contribution >= 4 is 22.7 Å². The summed E-state index contributed by atoms with van der Waals surface area (Å²) in [5, 5.41) is 8.42. The number of rotatable bonds is 5. The van der Waals surface area contributed by atoms with Gasteiger partial charge < -0.3 is 10.0 Å². The number of hydrogen-bond donors (Lipinski definition) is 1. The summed E-state index contributed by atoms with van der Waals surface area (Å²) in [4.78, 5) is 23.6. The Balaban J connectivity index is 2.26.